The van der Waals surface area contributed by atoms with Crippen LogP contribution in [0.3, 0.4) is 0 Å². The van der Waals surface area contributed by atoms with Gasteiger partial charge in [-0.15, -0.1) is 0 Å². The van der Waals surface area contributed by atoms with E-state index in [4.69, 9.17) is 0 Å². The van der Waals surface area contributed by atoms with Crippen molar-refractivity contribution in [3.05, 3.63) is 23.8 Å². The van der Waals surface area contributed by atoms with Gasteiger partial charge in [-0.3, -0.25) is 10.2 Å². The van der Waals surface area contributed by atoms with Crippen LogP contribution in [0.5, 0.6) is 0 Å². The molecule has 2 fully saturated rings. The summed E-state index contributed by atoms with van der Waals surface area (Å²) in [6.45, 7) is 0.480. The molecule has 1 aliphatic heterocycles. The summed E-state index contributed by atoms with van der Waals surface area (Å²) >= 11 is 0. The van der Waals surface area contributed by atoms with Gasteiger partial charge < -0.3 is 5.32 Å². The Balaban J connectivity index is 1.34. The molecule has 1 aliphatic carbocycles. The highest BCUT2D eigenvalue weighted by Crippen LogP contribution is 2.35. The Kier molecular flexibility index (Phi) is 3.08. The maximum absolute atomic E-state index is 12.2. The summed E-state index contributed by atoms with van der Waals surface area (Å²) in [5, 5.41) is 10.5. The van der Waals surface area contributed by atoms with Crippen molar-refractivity contribution < 1.29 is 9.42 Å². The minimum atomic E-state index is -0.145. The molecular weight excluding hydrogens is 270 g/mol. The molecule has 1 aromatic heterocycles. The van der Waals surface area contributed by atoms with E-state index in [1.54, 1.807) is 0 Å². The Morgan fingerprint density at radius 2 is 2.14 bits per heavy atom. The Morgan fingerprint density at radius 1 is 1.29 bits per heavy atom. The molecule has 3 N–H and O–H groups in total. The minimum absolute atomic E-state index is 0.0315. The molecule has 1 saturated carbocycles. The van der Waals surface area contributed by atoms with Crippen LogP contribution < -0.4 is 16.2 Å². The van der Waals surface area contributed by atoms with Crippen LogP contribution in [-0.4, -0.2) is 28.3 Å². The number of benzene rings is 1. The molecule has 1 aromatic carbocycles. The molecule has 2 aliphatic rings. The number of fused-ring (bicyclic) bond motifs is 1. The first-order chi connectivity index (χ1) is 10.3. The molecule has 21 heavy (non-hydrogen) atoms. The lowest BCUT2D eigenvalue weighted by Crippen LogP contribution is -2.43. The summed E-state index contributed by atoms with van der Waals surface area (Å²) < 4.78 is 4.66. The molecule has 2 unspecified atom stereocenters. The number of amides is 1. The fourth-order valence-electron chi connectivity index (χ4n) is 2.81. The average Bonchev–Trinajstić information content (AvgIpc) is 3.05. The molecule has 7 heteroatoms. The highest BCUT2D eigenvalue weighted by Gasteiger charge is 2.38. The molecule has 0 spiro atoms. The van der Waals surface area contributed by atoms with Gasteiger partial charge in [0.25, 0.3) is 0 Å². The van der Waals surface area contributed by atoms with Crippen LogP contribution in [0.4, 0.5) is 0 Å². The van der Waals surface area contributed by atoms with Crippen LogP contribution in [0, 0.1) is 5.92 Å². The molecule has 0 radical (unpaired) electrons. The van der Waals surface area contributed by atoms with Gasteiger partial charge in [0.1, 0.15) is 17.1 Å². The van der Waals surface area contributed by atoms with Crippen LogP contribution in [0.25, 0.3) is 11.0 Å². The van der Waals surface area contributed by atoms with Crippen molar-refractivity contribution in [2.75, 3.05) is 0 Å². The van der Waals surface area contributed by atoms with E-state index in [0.29, 0.717) is 18.1 Å². The van der Waals surface area contributed by atoms with Gasteiger partial charge >= 0.3 is 0 Å². The average molecular weight is 287 g/mol. The van der Waals surface area contributed by atoms with Gasteiger partial charge in [-0.2, -0.15) is 0 Å². The van der Waals surface area contributed by atoms with E-state index in [9.17, 15) is 4.79 Å². The number of carbonyl (C=O) groups is 1. The highest BCUT2D eigenvalue weighted by atomic mass is 16.6. The van der Waals surface area contributed by atoms with Gasteiger partial charge in [-0.25, -0.2) is 10.1 Å². The molecule has 2 heterocycles. The van der Waals surface area contributed by atoms with Crippen LogP contribution in [0.2, 0.25) is 0 Å². The largest absolute Gasteiger partial charge is 0.351 e. The molecule has 7 nitrogen and oxygen atoms in total. The number of hydrogen-bond donors (Lipinski definition) is 3. The fourth-order valence-corrected chi connectivity index (χ4v) is 2.81. The topological polar surface area (TPSA) is 92.1 Å². The number of nitrogens with one attached hydrogen (secondary N) is 3. The number of rotatable bonds is 4. The molecule has 0 bridgehead atoms. The number of hydrazine groups is 1. The van der Waals surface area contributed by atoms with E-state index in [1.165, 1.54) is 12.8 Å². The van der Waals surface area contributed by atoms with Gasteiger partial charge in [0.05, 0.1) is 0 Å². The van der Waals surface area contributed by atoms with Crippen molar-refractivity contribution in [3.8, 4) is 0 Å². The molecule has 4 rings (SSSR count). The molecule has 110 valence electrons. The lowest BCUT2D eigenvalue weighted by Gasteiger charge is -2.10. The molecule has 1 saturated heterocycles. The van der Waals surface area contributed by atoms with E-state index in [2.05, 4.69) is 31.1 Å². The zero-order valence-electron chi connectivity index (χ0n) is 11.5. The van der Waals surface area contributed by atoms with Crippen molar-refractivity contribution >= 4 is 16.9 Å². The van der Waals surface area contributed by atoms with Gasteiger partial charge in [0.2, 0.25) is 5.91 Å². The molecule has 2 aromatic rings. The fraction of sp³-hybridized carbons (Fsp3) is 0.500. The second-order valence-electron chi connectivity index (χ2n) is 5.83. The normalized spacial score (nSPS) is 25.3. The van der Waals surface area contributed by atoms with Crippen LogP contribution >= 0.6 is 0 Å². The first kappa shape index (κ1) is 12.7. The number of hydrogen-bond acceptors (Lipinski definition) is 6. The SMILES string of the molecule is O=C(NCc1ccc2nonc2c1)C1CC(C2CC2)NN1. The van der Waals surface area contributed by atoms with E-state index in [-0.39, 0.29) is 11.9 Å². The van der Waals surface area contributed by atoms with Gasteiger partial charge in [-0.1, -0.05) is 6.07 Å². The van der Waals surface area contributed by atoms with Crippen LogP contribution in [0.1, 0.15) is 24.8 Å². The third-order valence-electron chi connectivity index (χ3n) is 4.23. The Bertz CT molecular complexity index is 666. The second kappa shape index (κ2) is 5.09. The van der Waals surface area contributed by atoms with Gasteiger partial charge in [0.15, 0.2) is 0 Å². The van der Waals surface area contributed by atoms with Crippen molar-refractivity contribution in [1.82, 2.24) is 26.5 Å². The van der Waals surface area contributed by atoms with E-state index < -0.39 is 0 Å². The summed E-state index contributed by atoms with van der Waals surface area (Å²) in [6.07, 6.45) is 3.42. The summed E-state index contributed by atoms with van der Waals surface area (Å²) in [5.74, 6) is 0.779. The minimum Gasteiger partial charge on any atom is -0.351 e. The summed E-state index contributed by atoms with van der Waals surface area (Å²) in [4.78, 5) is 12.2. The Labute approximate surface area is 121 Å². The maximum Gasteiger partial charge on any atom is 0.238 e. The third-order valence-corrected chi connectivity index (χ3v) is 4.23. The second-order valence-corrected chi connectivity index (χ2v) is 5.83. The first-order valence-corrected chi connectivity index (χ1v) is 7.29. The first-order valence-electron chi connectivity index (χ1n) is 7.29. The third kappa shape index (κ3) is 2.62. The molecular formula is C14H17N5O2. The summed E-state index contributed by atoms with van der Waals surface area (Å²) in [7, 11) is 0. The zero-order chi connectivity index (χ0) is 14.2. The van der Waals surface area contributed by atoms with Crippen molar-refractivity contribution in [1.29, 1.82) is 0 Å². The Hall–Kier alpha value is -1.99. The summed E-state index contributed by atoms with van der Waals surface area (Å²) in [5.41, 5.74) is 8.73. The number of aromatic nitrogens is 2. The van der Waals surface area contributed by atoms with Gasteiger partial charge in [0, 0.05) is 12.6 Å². The quantitative estimate of drug-likeness (QED) is 0.757. The van der Waals surface area contributed by atoms with E-state index in [1.807, 2.05) is 18.2 Å². The van der Waals surface area contributed by atoms with E-state index >= 15 is 0 Å². The van der Waals surface area contributed by atoms with Crippen LogP contribution in [-0.2, 0) is 11.3 Å². The lowest BCUT2D eigenvalue weighted by atomic mass is 10.1. The van der Waals surface area contributed by atoms with Crippen molar-refractivity contribution in [3.63, 3.8) is 0 Å². The lowest BCUT2D eigenvalue weighted by molar-refractivity contribution is -0.123. The number of nitrogens with zero attached hydrogens (tertiary/aromatic N) is 2. The maximum atomic E-state index is 12.2. The highest BCUT2D eigenvalue weighted by molar-refractivity contribution is 5.82. The smallest absolute Gasteiger partial charge is 0.238 e. The van der Waals surface area contributed by atoms with E-state index in [0.717, 1.165) is 23.4 Å². The standard InChI is InChI=1S/C14H17N5O2/c20-14(13-6-11(16-17-13)9-2-3-9)15-7-8-1-4-10-12(5-8)19-21-18-10/h1,4-5,9,11,13,16-17H,2-3,6-7H2,(H,15,20). The monoisotopic (exact) mass is 287 g/mol. The molecule has 2 atom stereocenters. The van der Waals surface area contributed by atoms with Gasteiger partial charge in [-0.05, 0) is 53.2 Å². The zero-order valence-corrected chi connectivity index (χ0v) is 11.5. The van der Waals surface area contributed by atoms with Crippen molar-refractivity contribution in [2.45, 2.75) is 37.9 Å². The predicted octanol–water partition coefficient (Wildman–Crippen LogP) is 0.484. The number of carbonyl (C=O) groups excluding carboxylic acids is 1. The van der Waals surface area contributed by atoms with Crippen molar-refractivity contribution in [2.24, 2.45) is 5.92 Å². The Morgan fingerprint density at radius 3 is 3.00 bits per heavy atom. The predicted molar refractivity (Wildman–Crippen MR) is 74.8 cm³/mol. The van der Waals surface area contributed by atoms with Crippen LogP contribution in [0.15, 0.2) is 22.8 Å². The molecule has 1 amide bonds. The summed E-state index contributed by atoms with van der Waals surface area (Å²) in [6, 6.07) is 5.93.